The molecule has 0 amide bonds. The second kappa shape index (κ2) is 5.10. The maximum atomic E-state index is 8.74. The highest BCUT2D eigenvalue weighted by Crippen LogP contribution is 2.27. The highest BCUT2D eigenvalue weighted by atomic mass is 31.2. The third kappa shape index (κ3) is 3.66. The van der Waals surface area contributed by atoms with Crippen LogP contribution in [0.1, 0.15) is 5.56 Å². The zero-order valence-electron chi connectivity index (χ0n) is 7.04. The smallest absolute Gasteiger partial charge is 0.187 e. The highest BCUT2D eigenvalue weighted by molar-refractivity contribution is 7.46. The molecule has 0 saturated heterocycles. The third-order valence-electron chi connectivity index (χ3n) is 1.55. The van der Waals surface area contributed by atoms with E-state index in [9.17, 15) is 0 Å². The van der Waals surface area contributed by atoms with E-state index in [0.29, 0.717) is 0 Å². The van der Waals surface area contributed by atoms with Crippen molar-refractivity contribution >= 4 is 14.5 Å². The maximum Gasteiger partial charge on any atom is 0.187 e. The second-order valence-corrected chi connectivity index (χ2v) is 3.82. The zero-order valence-corrected chi connectivity index (χ0v) is 7.93. The molecule has 1 unspecified atom stereocenters. The van der Waals surface area contributed by atoms with Gasteiger partial charge in [-0.2, -0.15) is 0 Å². The molecule has 0 heterocycles. The van der Waals surface area contributed by atoms with Crippen molar-refractivity contribution in [2.24, 2.45) is 5.73 Å². The Hall–Kier alpha value is -0.730. The second-order valence-electron chi connectivity index (χ2n) is 2.58. The molecule has 0 bridgehead atoms. The SMILES string of the molecule is NC(C=Cc1ccccc1)P(O)O. The lowest BCUT2D eigenvalue weighted by Crippen LogP contribution is -2.13. The molecule has 4 heteroatoms. The van der Waals surface area contributed by atoms with Gasteiger partial charge in [0.15, 0.2) is 8.38 Å². The van der Waals surface area contributed by atoms with E-state index in [2.05, 4.69) is 0 Å². The third-order valence-corrected chi connectivity index (χ3v) is 2.26. The number of hydrogen-bond donors (Lipinski definition) is 3. The quantitative estimate of drug-likeness (QED) is 0.639. The Kier molecular flexibility index (Phi) is 4.06. The number of rotatable bonds is 3. The van der Waals surface area contributed by atoms with Gasteiger partial charge in [-0.3, -0.25) is 0 Å². The first kappa shape index (κ1) is 10.4. The fraction of sp³-hybridized carbons (Fsp3) is 0.111. The van der Waals surface area contributed by atoms with Gasteiger partial charge in [0.1, 0.15) is 0 Å². The van der Waals surface area contributed by atoms with Crippen LogP contribution >= 0.6 is 8.38 Å². The van der Waals surface area contributed by atoms with Crippen molar-refractivity contribution < 1.29 is 9.79 Å². The molecule has 1 aromatic carbocycles. The molecule has 4 N–H and O–H groups in total. The maximum absolute atomic E-state index is 8.74. The van der Waals surface area contributed by atoms with Gasteiger partial charge in [-0.15, -0.1) is 0 Å². The topological polar surface area (TPSA) is 66.5 Å². The Balaban J connectivity index is 2.59. The molecular formula is C9H12NO2P. The molecule has 0 aliphatic rings. The van der Waals surface area contributed by atoms with Crippen LogP contribution < -0.4 is 5.73 Å². The van der Waals surface area contributed by atoms with Crippen molar-refractivity contribution in [2.75, 3.05) is 0 Å². The molecule has 0 aliphatic carbocycles. The van der Waals surface area contributed by atoms with Crippen molar-refractivity contribution in [3.63, 3.8) is 0 Å². The summed E-state index contributed by atoms with van der Waals surface area (Å²) in [5.74, 6) is -0.671. The lowest BCUT2D eigenvalue weighted by molar-refractivity contribution is 0.474. The summed E-state index contributed by atoms with van der Waals surface area (Å²) >= 11 is 0. The van der Waals surface area contributed by atoms with Gasteiger partial charge in [-0.25, -0.2) is 0 Å². The Morgan fingerprint density at radius 3 is 2.38 bits per heavy atom. The molecule has 0 aromatic heterocycles. The fourth-order valence-electron chi connectivity index (χ4n) is 0.851. The molecule has 0 saturated carbocycles. The van der Waals surface area contributed by atoms with E-state index >= 15 is 0 Å². The first-order valence-electron chi connectivity index (χ1n) is 3.86. The molecule has 70 valence electrons. The van der Waals surface area contributed by atoms with Crippen LogP contribution in [-0.2, 0) is 0 Å². The molecule has 0 aliphatic heterocycles. The summed E-state index contributed by atoms with van der Waals surface area (Å²) in [4.78, 5) is 17.5. The van der Waals surface area contributed by atoms with Gasteiger partial charge in [0, 0.05) is 0 Å². The normalized spacial score (nSPS) is 13.8. The van der Waals surface area contributed by atoms with Gasteiger partial charge in [0.05, 0.1) is 5.78 Å². The molecule has 1 rings (SSSR count). The van der Waals surface area contributed by atoms with Gasteiger partial charge in [0.25, 0.3) is 0 Å². The minimum atomic E-state index is -2.07. The zero-order chi connectivity index (χ0) is 9.68. The molecule has 13 heavy (non-hydrogen) atoms. The van der Waals surface area contributed by atoms with Gasteiger partial charge < -0.3 is 15.5 Å². The van der Waals surface area contributed by atoms with Crippen molar-refractivity contribution in [1.29, 1.82) is 0 Å². The Morgan fingerprint density at radius 1 is 1.23 bits per heavy atom. The number of benzene rings is 1. The van der Waals surface area contributed by atoms with Crippen LogP contribution in [0.2, 0.25) is 0 Å². The predicted molar refractivity (Wildman–Crippen MR) is 54.8 cm³/mol. The van der Waals surface area contributed by atoms with E-state index in [-0.39, 0.29) is 0 Å². The monoisotopic (exact) mass is 197 g/mol. The molecule has 1 atom stereocenters. The average molecular weight is 197 g/mol. The summed E-state index contributed by atoms with van der Waals surface area (Å²) in [6, 6.07) is 9.57. The van der Waals surface area contributed by atoms with Gasteiger partial charge >= 0.3 is 0 Å². The molecule has 0 fully saturated rings. The minimum Gasteiger partial charge on any atom is -0.349 e. The van der Waals surface area contributed by atoms with E-state index in [4.69, 9.17) is 15.5 Å². The summed E-state index contributed by atoms with van der Waals surface area (Å²) in [5.41, 5.74) is 6.40. The van der Waals surface area contributed by atoms with Crippen LogP contribution in [0.3, 0.4) is 0 Å². The number of nitrogens with two attached hydrogens (primary N) is 1. The molecular weight excluding hydrogens is 185 g/mol. The number of hydrogen-bond acceptors (Lipinski definition) is 3. The lowest BCUT2D eigenvalue weighted by Gasteiger charge is -2.06. The van der Waals surface area contributed by atoms with Gasteiger partial charge in [0.2, 0.25) is 0 Å². The molecule has 0 spiro atoms. The van der Waals surface area contributed by atoms with Crippen molar-refractivity contribution in [3.8, 4) is 0 Å². The summed E-state index contributed by atoms with van der Waals surface area (Å²) in [5, 5.41) is 0. The van der Waals surface area contributed by atoms with Crippen LogP contribution in [0.15, 0.2) is 36.4 Å². The van der Waals surface area contributed by atoms with Crippen molar-refractivity contribution in [3.05, 3.63) is 42.0 Å². The van der Waals surface area contributed by atoms with Crippen LogP contribution in [0.5, 0.6) is 0 Å². The van der Waals surface area contributed by atoms with Gasteiger partial charge in [-0.05, 0) is 5.56 Å². The summed E-state index contributed by atoms with van der Waals surface area (Å²) < 4.78 is 0. The van der Waals surface area contributed by atoms with E-state index < -0.39 is 14.2 Å². The fourth-order valence-corrected chi connectivity index (χ4v) is 1.09. The van der Waals surface area contributed by atoms with Crippen LogP contribution in [0, 0.1) is 0 Å². The highest BCUT2D eigenvalue weighted by Gasteiger charge is 2.06. The van der Waals surface area contributed by atoms with E-state index in [1.54, 1.807) is 12.2 Å². The lowest BCUT2D eigenvalue weighted by atomic mass is 10.2. The van der Waals surface area contributed by atoms with Crippen LogP contribution in [0.25, 0.3) is 6.08 Å². The summed E-state index contributed by atoms with van der Waals surface area (Å²) in [6.07, 6.45) is 3.35. The van der Waals surface area contributed by atoms with E-state index in [1.807, 2.05) is 30.3 Å². The molecule has 3 nitrogen and oxygen atoms in total. The Labute approximate surface area is 78.4 Å². The van der Waals surface area contributed by atoms with Crippen LogP contribution in [0.4, 0.5) is 0 Å². The molecule has 0 radical (unpaired) electrons. The van der Waals surface area contributed by atoms with Crippen molar-refractivity contribution in [1.82, 2.24) is 0 Å². The summed E-state index contributed by atoms with van der Waals surface area (Å²) in [7, 11) is -2.07. The Bertz CT molecular complexity index is 274. The largest absolute Gasteiger partial charge is 0.349 e. The van der Waals surface area contributed by atoms with Crippen molar-refractivity contribution in [2.45, 2.75) is 5.78 Å². The standard InChI is InChI=1S/C9H12NO2P/c10-9(13(11)12)7-6-8-4-2-1-3-5-8/h1-7,9,11-12H,10H2. The minimum absolute atomic E-state index is 0.671. The van der Waals surface area contributed by atoms with E-state index in [0.717, 1.165) is 5.56 Å². The summed E-state index contributed by atoms with van der Waals surface area (Å²) in [6.45, 7) is 0. The van der Waals surface area contributed by atoms with E-state index in [1.165, 1.54) is 0 Å². The predicted octanol–water partition coefficient (Wildman–Crippen LogP) is 1.28. The first-order chi connectivity index (χ1) is 6.20. The Morgan fingerprint density at radius 2 is 1.85 bits per heavy atom. The van der Waals surface area contributed by atoms with Gasteiger partial charge in [-0.1, -0.05) is 42.5 Å². The van der Waals surface area contributed by atoms with Crippen LogP contribution in [-0.4, -0.2) is 15.6 Å². The molecule has 1 aromatic rings. The first-order valence-corrected chi connectivity index (χ1v) is 5.17. The average Bonchev–Trinajstić information content (AvgIpc) is 2.15.